The van der Waals surface area contributed by atoms with Gasteiger partial charge in [0, 0.05) is 0 Å². The van der Waals surface area contributed by atoms with Crippen LogP contribution in [0.25, 0.3) is 0 Å². The number of aryl methyl sites for hydroxylation is 1. The summed E-state index contributed by atoms with van der Waals surface area (Å²) in [6.07, 6.45) is 0. The van der Waals surface area contributed by atoms with E-state index in [0.717, 1.165) is 12.1 Å². The van der Waals surface area contributed by atoms with Gasteiger partial charge in [-0.15, -0.1) is 3.89 Å². The third-order valence-electron chi connectivity index (χ3n) is 1.90. The topological polar surface area (TPSA) is 60.4 Å². The quantitative estimate of drug-likeness (QED) is 0.571. The van der Waals surface area contributed by atoms with Gasteiger partial charge in [0.15, 0.2) is 0 Å². The molecule has 0 unspecified atom stereocenters. The Labute approximate surface area is 86.9 Å². The number of hydrogen-bond donors (Lipinski definition) is 0. The highest BCUT2D eigenvalue weighted by Gasteiger charge is 2.16. The van der Waals surface area contributed by atoms with Crippen molar-refractivity contribution >= 4 is 16.2 Å². The van der Waals surface area contributed by atoms with Gasteiger partial charge in [-0.3, -0.25) is 0 Å². The van der Waals surface area contributed by atoms with Crippen LogP contribution in [-0.4, -0.2) is 21.5 Å². The van der Waals surface area contributed by atoms with Crippen molar-refractivity contribution in [3.05, 3.63) is 29.3 Å². The fraction of sp³-hybridized carbons (Fsp3) is 0.222. The molecule has 4 nitrogen and oxygen atoms in total. The van der Waals surface area contributed by atoms with Crippen LogP contribution in [-0.2, 0) is 15.0 Å². The maximum Gasteiger partial charge on any atom is 0.338 e. The van der Waals surface area contributed by atoms with Gasteiger partial charge in [0.05, 0.1) is 17.6 Å². The molecule has 0 N–H and O–H groups in total. The summed E-state index contributed by atoms with van der Waals surface area (Å²) in [6, 6.07) is 3.40. The van der Waals surface area contributed by atoms with Crippen LogP contribution in [0, 0.1) is 6.92 Å². The Balaban J connectivity index is 3.36. The van der Waals surface area contributed by atoms with Gasteiger partial charge in [-0.05, 0) is 24.6 Å². The lowest BCUT2D eigenvalue weighted by Crippen LogP contribution is -2.05. The van der Waals surface area contributed by atoms with E-state index < -0.39 is 21.1 Å². The molecule has 1 aromatic rings. The molecule has 0 saturated heterocycles. The fourth-order valence-electron chi connectivity index (χ4n) is 1.08. The van der Waals surface area contributed by atoms with Gasteiger partial charge in [-0.2, -0.15) is 8.42 Å². The average molecular weight is 232 g/mol. The van der Waals surface area contributed by atoms with Crippen molar-refractivity contribution in [2.75, 3.05) is 7.11 Å². The molecule has 82 valence electrons. The Kier molecular flexibility index (Phi) is 3.09. The minimum atomic E-state index is -4.79. The van der Waals surface area contributed by atoms with Crippen LogP contribution < -0.4 is 0 Å². The normalized spacial score (nSPS) is 11.1. The number of esters is 1. The number of halogens is 1. The number of carbonyl (C=O) groups excluding carboxylic acids is 1. The standard InChI is InChI=1S/C9H9FO4S/c1-6-3-4-7(15(10,12)13)5-8(6)9(11)14-2/h3-5H,1-2H3. The molecule has 0 fully saturated rings. The molecule has 1 aromatic carbocycles. The van der Waals surface area contributed by atoms with Gasteiger partial charge >= 0.3 is 16.2 Å². The lowest BCUT2D eigenvalue weighted by atomic mass is 10.1. The number of rotatable bonds is 2. The molecule has 1 rings (SSSR count). The van der Waals surface area contributed by atoms with Crippen molar-refractivity contribution in [1.82, 2.24) is 0 Å². The molecule has 0 bridgehead atoms. The van der Waals surface area contributed by atoms with Crippen molar-refractivity contribution < 1.29 is 21.8 Å². The Hall–Kier alpha value is -1.43. The molecular weight excluding hydrogens is 223 g/mol. The minimum absolute atomic E-state index is 0.0382. The molecule has 6 heteroatoms. The van der Waals surface area contributed by atoms with Crippen molar-refractivity contribution in [2.24, 2.45) is 0 Å². The summed E-state index contributed by atoms with van der Waals surface area (Å²) in [6.45, 7) is 1.60. The molecule has 0 radical (unpaired) electrons. The number of benzene rings is 1. The predicted octanol–water partition coefficient (Wildman–Crippen LogP) is 1.44. The van der Waals surface area contributed by atoms with Crippen LogP contribution >= 0.6 is 0 Å². The molecule has 0 aliphatic rings. The van der Waals surface area contributed by atoms with Gasteiger partial charge in [-0.25, -0.2) is 4.79 Å². The first kappa shape index (κ1) is 11.6. The monoisotopic (exact) mass is 232 g/mol. The van der Waals surface area contributed by atoms with Crippen molar-refractivity contribution in [3.63, 3.8) is 0 Å². The molecule has 0 aromatic heterocycles. The zero-order valence-electron chi connectivity index (χ0n) is 8.15. The summed E-state index contributed by atoms with van der Waals surface area (Å²) in [5.74, 6) is -0.696. The molecule has 0 aliphatic heterocycles. The lowest BCUT2D eigenvalue weighted by molar-refractivity contribution is 0.0599. The zero-order chi connectivity index (χ0) is 11.6. The second kappa shape index (κ2) is 3.98. The smallest absolute Gasteiger partial charge is 0.338 e. The second-order valence-corrected chi connectivity index (χ2v) is 4.25. The van der Waals surface area contributed by atoms with Gasteiger partial charge in [0.25, 0.3) is 0 Å². The third-order valence-corrected chi connectivity index (χ3v) is 2.71. The van der Waals surface area contributed by atoms with Crippen LogP contribution in [0.15, 0.2) is 23.1 Å². The SMILES string of the molecule is COC(=O)c1cc(S(=O)(=O)F)ccc1C. The Morgan fingerprint density at radius 2 is 2.00 bits per heavy atom. The van der Waals surface area contributed by atoms with Gasteiger partial charge in [0.1, 0.15) is 0 Å². The minimum Gasteiger partial charge on any atom is -0.465 e. The van der Waals surface area contributed by atoms with Gasteiger partial charge < -0.3 is 4.74 Å². The Morgan fingerprint density at radius 1 is 1.40 bits per heavy atom. The molecule has 0 amide bonds. The van der Waals surface area contributed by atoms with E-state index in [9.17, 15) is 17.1 Å². The van der Waals surface area contributed by atoms with Crippen LogP contribution in [0.1, 0.15) is 15.9 Å². The first-order chi connectivity index (χ1) is 6.86. The Bertz CT molecular complexity index is 493. The van der Waals surface area contributed by atoms with Crippen molar-refractivity contribution in [3.8, 4) is 0 Å². The third kappa shape index (κ3) is 2.53. The Morgan fingerprint density at radius 3 is 2.47 bits per heavy atom. The summed E-state index contributed by atoms with van der Waals surface area (Å²) < 4.78 is 38.2. The number of carbonyl (C=O) groups is 1. The van der Waals surface area contributed by atoms with Crippen molar-refractivity contribution in [1.29, 1.82) is 0 Å². The van der Waals surface area contributed by atoms with E-state index in [1.165, 1.54) is 13.2 Å². The summed E-state index contributed by atoms with van der Waals surface area (Å²) in [4.78, 5) is 10.6. The highest BCUT2D eigenvalue weighted by Crippen LogP contribution is 2.17. The number of hydrogen-bond acceptors (Lipinski definition) is 4. The van der Waals surface area contributed by atoms with E-state index >= 15 is 0 Å². The van der Waals surface area contributed by atoms with Gasteiger partial charge in [-0.1, -0.05) is 6.07 Å². The highest BCUT2D eigenvalue weighted by molar-refractivity contribution is 7.86. The van der Waals surface area contributed by atoms with E-state index in [4.69, 9.17) is 0 Å². The molecule has 15 heavy (non-hydrogen) atoms. The fourth-order valence-corrected chi connectivity index (χ4v) is 1.57. The van der Waals surface area contributed by atoms with E-state index in [2.05, 4.69) is 4.74 Å². The number of methoxy groups -OCH3 is 1. The van der Waals surface area contributed by atoms with Crippen LogP contribution in [0.3, 0.4) is 0 Å². The number of ether oxygens (including phenoxy) is 1. The average Bonchev–Trinajstić information content (AvgIpc) is 2.15. The van der Waals surface area contributed by atoms with Crippen molar-refractivity contribution in [2.45, 2.75) is 11.8 Å². The summed E-state index contributed by atoms with van der Waals surface area (Å²) >= 11 is 0. The molecule has 0 heterocycles. The van der Waals surface area contributed by atoms with E-state index in [0.29, 0.717) is 5.56 Å². The van der Waals surface area contributed by atoms with E-state index in [1.807, 2.05) is 0 Å². The largest absolute Gasteiger partial charge is 0.465 e. The van der Waals surface area contributed by atoms with Gasteiger partial charge in [0.2, 0.25) is 0 Å². The maximum atomic E-state index is 12.6. The molecule has 0 saturated carbocycles. The molecule has 0 aliphatic carbocycles. The predicted molar refractivity (Wildman–Crippen MR) is 50.8 cm³/mol. The highest BCUT2D eigenvalue weighted by atomic mass is 32.3. The summed E-state index contributed by atoms with van der Waals surface area (Å²) in [5, 5.41) is 0. The van der Waals surface area contributed by atoms with Crippen LogP contribution in [0.5, 0.6) is 0 Å². The first-order valence-corrected chi connectivity index (χ1v) is 5.38. The van der Waals surface area contributed by atoms with Crippen LogP contribution in [0.2, 0.25) is 0 Å². The molecular formula is C9H9FO4S. The summed E-state index contributed by atoms with van der Waals surface area (Å²) in [7, 11) is -3.63. The maximum absolute atomic E-state index is 12.6. The zero-order valence-corrected chi connectivity index (χ0v) is 8.97. The second-order valence-electron chi connectivity index (χ2n) is 2.91. The van der Waals surface area contributed by atoms with Crippen LogP contribution in [0.4, 0.5) is 3.89 Å². The summed E-state index contributed by atoms with van der Waals surface area (Å²) in [5.41, 5.74) is 0.561. The molecule has 0 atom stereocenters. The lowest BCUT2D eigenvalue weighted by Gasteiger charge is -2.04. The van der Waals surface area contributed by atoms with E-state index in [-0.39, 0.29) is 5.56 Å². The van der Waals surface area contributed by atoms with E-state index in [1.54, 1.807) is 6.92 Å². The molecule has 0 spiro atoms. The first-order valence-electron chi connectivity index (χ1n) is 4.00.